The minimum Gasteiger partial charge on any atom is -0.458 e. The van der Waals surface area contributed by atoms with Gasteiger partial charge in [0, 0.05) is 19.3 Å². The highest BCUT2D eigenvalue weighted by Gasteiger charge is 2.73. The first-order valence-electron chi connectivity index (χ1n) is 10.6. The van der Waals surface area contributed by atoms with E-state index in [1.807, 2.05) is 20.8 Å². The molecule has 1 aliphatic carbocycles. The van der Waals surface area contributed by atoms with E-state index in [2.05, 4.69) is 15.0 Å². The first-order valence-corrected chi connectivity index (χ1v) is 10.6. The number of fused-ring (bicyclic) bond motifs is 1. The van der Waals surface area contributed by atoms with Crippen molar-refractivity contribution >= 4 is 17.7 Å². The number of hydrogen-bond donors (Lipinski definition) is 0. The van der Waals surface area contributed by atoms with Crippen LogP contribution in [-0.4, -0.2) is 62.0 Å². The number of alkyl halides is 3. The molecule has 1 saturated carbocycles. The van der Waals surface area contributed by atoms with E-state index in [1.165, 1.54) is 16.6 Å². The Balaban J connectivity index is 1.39. The third-order valence-corrected chi connectivity index (χ3v) is 6.30. The van der Waals surface area contributed by atoms with Gasteiger partial charge in [0.1, 0.15) is 11.9 Å². The highest BCUT2D eigenvalue weighted by molar-refractivity contribution is 5.71. The maximum atomic E-state index is 13.2. The Kier molecular flexibility index (Phi) is 4.60. The smallest absolute Gasteiger partial charge is 0.446 e. The number of nitrogens with zero attached hydrogens (tertiary/aromatic N) is 5. The number of halogens is 4. The van der Waals surface area contributed by atoms with Gasteiger partial charge in [0.05, 0.1) is 11.6 Å². The van der Waals surface area contributed by atoms with Crippen LogP contribution in [-0.2, 0) is 4.74 Å². The summed E-state index contributed by atoms with van der Waals surface area (Å²) in [7, 11) is 0. The summed E-state index contributed by atoms with van der Waals surface area (Å²) in [5.74, 6) is -1.76. The number of piperidine rings is 2. The predicted octanol–water partition coefficient (Wildman–Crippen LogP) is 4.07. The van der Waals surface area contributed by atoms with Crippen LogP contribution in [0.4, 0.5) is 28.3 Å². The summed E-state index contributed by atoms with van der Waals surface area (Å²) >= 11 is 0. The van der Waals surface area contributed by atoms with E-state index in [-0.39, 0.29) is 41.3 Å². The first kappa shape index (κ1) is 21.8. The van der Waals surface area contributed by atoms with Crippen molar-refractivity contribution in [2.45, 2.75) is 57.0 Å². The quantitative estimate of drug-likeness (QED) is 0.384. The Hall–Kier alpha value is -3.05. The highest BCUT2D eigenvalue weighted by Crippen LogP contribution is 2.60. The van der Waals surface area contributed by atoms with Gasteiger partial charge in [-0.1, -0.05) is 0 Å². The molecule has 12 heteroatoms. The summed E-state index contributed by atoms with van der Waals surface area (Å²) in [6.45, 7) is 6.54. The third kappa shape index (κ3) is 3.65. The summed E-state index contributed by atoms with van der Waals surface area (Å²) in [5.41, 5.74) is -0.708. The average molecular weight is 469 g/mol. The van der Waals surface area contributed by atoms with Crippen LogP contribution in [0.25, 0.3) is 5.65 Å². The van der Waals surface area contributed by atoms with Crippen LogP contribution in [0, 0.1) is 5.92 Å². The van der Waals surface area contributed by atoms with Gasteiger partial charge >= 0.3 is 12.3 Å². The molecule has 0 spiro atoms. The Labute approximate surface area is 186 Å². The number of rotatable bonds is 3. The zero-order valence-corrected chi connectivity index (χ0v) is 18.3. The average Bonchev–Trinajstić information content (AvgIpc) is 3.08. The van der Waals surface area contributed by atoms with Crippen LogP contribution in [0.1, 0.15) is 33.6 Å². The van der Waals surface area contributed by atoms with Crippen molar-refractivity contribution in [1.29, 1.82) is 0 Å². The molecule has 178 valence electrons. The number of hydrogen-bond acceptors (Lipinski definition) is 6. The molecule has 33 heavy (non-hydrogen) atoms. The van der Waals surface area contributed by atoms with Crippen LogP contribution >= 0.6 is 0 Å². The van der Waals surface area contributed by atoms with Gasteiger partial charge in [-0.15, -0.1) is 5.10 Å². The predicted molar refractivity (Wildman–Crippen MR) is 108 cm³/mol. The second-order valence-corrected chi connectivity index (χ2v) is 9.71. The first-order chi connectivity index (χ1) is 15.4. The van der Waals surface area contributed by atoms with Gasteiger partial charge in [-0.05, 0) is 51.7 Å². The Morgan fingerprint density at radius 2 is 2.06 bits per heavy atom. The zero-order chi connectivity index (χ0) is 23.8. The van der Waals surface area contributed by atoms with Crippen LogP contribution in [0.2, 0.25) is 0 Å². The van der Waals surface area contributed by atoms with Crippen LogP contribution in [0.15, 0.2) is 30.4 Å². The zero-order valence-electron chi connectivity index (χ0n) is 18.3. The van der Waals surface area contributed by atoms with E-state index in [4.69, 9.17) is 9.47 Å². The highest BCUT2D eigenvalue weighted by atomic mass is 19.4. The van der Waals surface area contributed by atoms with Crippen molar-refractivity contribution in [3.63, 3.8) is 0 Å². The largest absolute Gasteiger partial charge is 0.458 e. The van der Waals surface area contributed by atoms with Crippen molar-refractivity contribution < 1.29 is 31.8 Å². The molecule has 3 aliphatic rings. The number of carbonyl (C=O) groups is 1. The second kappa shape index (κ2) is 6.97. The van der Waals surface area contributed by atoms with Crippen LogP contribution in [0.5, 0.6) is 5.75 Å². The van der Waals surface area contributed by atoms with Crippen molar-refractivity contribution in [1.82, 2.24) is 19.5 Å². The van der Waals surface area contributed by atoms with E-state index in [0.717, 1.165) is 12.8 Å². The van der Waals surface area contributed by atoms with Gasteiger partial charge in [0.25, 0.3) is 0 Å². The van der Waals surface area contributed by atoms with Crippen molar-refractivity contribution in [2.75, 3.05) is 18.0 Å². The van der Waals surface area contributed by atoms with Gasteiger partial charge in [-0.2, -0.15) is 22.5 Å². The van der Waals surface area contributed by atoms with E-state index in [1.54, 1.807) is 11.1 Å². The molecule has 2 saturated heterocycles. The maximum Gasteiger partial charge on any atom is 0.446 e. The molecule has 3 fully saturated rings. The molecule has 2 aliphatic heterocycles. The SMILES string of the molecule is CC(C)(C)OC(=O)N1C[C@@H]2CC[C@]3(C1)[C@H]2N3c1nc2c(O/C=C(\F)C(F)(F)F)cccn2n1. The summed E-state index contributed by atoms with van der Waals surface area (Å²) in [4.78, 5) is 20.9. The Morgan fingerprint density at radius 3 is 2.76 bits per heavy atom. The molecule has 0 N–H and O–H groups in total. The topological polar surface area (TPSA) is 72.0 Å². The van der Waals surface area contributed by atoms with E-state index >= 15 is 0 Å². The number of pyridine rings is 1. The van der Waals surface area contributed by atoms with Crippen molar-refractivity contribution in [2.24, 2.45) is 5.92 Å². The lowest BCUT2D eigenvalue weighted by atomic mass is 9.99. The lowest BCUT2D eigenvalue weighted by Crippen LogP contribution is -2.47. The maximum absolute atomic E-state index is 13.2. The molecular weight excluding hydrogens is 446 g/mol. The van der Waals surface area contributed by atoms with E-state index in [9.17, 15) is 22.4 Å². The number of amides is 1. The third-order valence-electron chi connectivity index (χ3n) is 6.30. The number of likely N-dealkylation sites (tertiary alicyclic amines) is 1. The molecule has 0 radical (unpaired) electrons. The van der Waals surface area contributed by atoms with Gasteiger partial charge in [-0.25, -0.2) is 9.31 Å². The van der Waals surface area contributed by atoms with Crippen LogP contribution in [0.3, 0.4) is 0 Å². The molecule has 8 nitrogen and oxygen atoms in total. The van der Waals surface area contributed by atoms with Gasteiger partial charge < -0.3 is 19.3 Å². The number of carbonyl (C=O) groups excluding carboxylic acids is 1. The monoisotopic (exact) mass is 469 g/mol. The van der Waals surface area contributed by atoms with E-state index < -0.39 is 17.6 Å². The number of aromatic nitrogens is 3. The summed E-state index contributed by atoms with van der Waals surface area (Å²) in [5, 5.41) is 4.46. The molecule has 5 rings (SSSR count). The minimum atomic E-state index is -5.13. The summed E-state index contributed by atoms with van der Waals surface area (Å²) in [6, 6.07) is 3.09. The summed E-state index contributed by atoms with van der Waals surface area (Å²) in [6.07, 6.45) is -2.03. The normalized spacial score (nSPS) is 27.1. The minimum absolute atomic E-state index is 0.0141. The second-order valence-electron chi connectivity index (χ2n) is 9.71. The number of anilines is 1. The van der Waals surface area contributed by atoms with Gasteiger partial charge in [0.15, 0.2) is 11.4 Å². The fourth-order valence-corrected chi connectivity index (χ4v) is 5.06. The molecule has 2 aromatic heterocycles. The molecular formula is C21H23F4N5O3. The molecule has 0 aromatic carbocycles. The fourth-order valence-electron chi connectivity index (χ4n) is 5.06. The van der Waals surface area contributed by atoms with Crippen molar-refractivity contribution in [3.8, 4) is 5.75 Å². The lowest BCUT2D eigenvalue weighted by molar-refractivity contribution is -0.110. The molecule has 2 aromatic rings. The summed E-state index contributed by atoms with van der Waals surface area (Å²) < 4.78 is 62.3. The van der Waals surface area contributed by atoms with Gasteiger partial charge in [0.2, 0.25) is 11.8 Å². The number of allylic oxidation sites excluding steroid dienone is 1. The Morgan fingerprint density at radius 1 is 1.30 bits per heavy atom. The van der Waals surface area contributed by atoms with Crippen molar-refractivity contribution in [3.05, 3.63) is 30.4 Å². The lowest BCUT2D eigenvalue weighted by Gasteiger charge is -2.31. The molecule has 4 heterocycles. The van der Waals surface area contributed by atoms with E-state index in [0.29, 0.717) is 19.0 Å². The number of ether oxygens (including phenoxy) is 2. The molecule has 3 atom stereocenters. The molecule has 2 bridgehead atoms. The van der Waals surface area contributed by atoms with Crippen LogP contribution < -0.4 is 9.64 Å². The molecule has 0 unspecified atom stereocenters. The molecule has 1 amide bonds. The standard InChI is InChI=1S/C21H23F4N5O3/c1-19(2,3)33-18(31)28-9-12-6-7-20(11-28)15(12)30(20)17-26-16-13(5-4-8-29(16)27-17)32-10-14(22)21(23,24)25/h4-5,8,10,12,15H,6-7,9,11H2,1-3H3/b14-10-/t12-,15-,20-,30?/m0/s1. The Bertz CT molecular complexity index is 1140. The fraction of sp³-hybridized carbons (Fsp3) is 0.571. The van der Waals surface area contributed by atoms with Gasteiger partial charge in [-0.3, -0.25) is 0 Å².